The first-order valence-corrected chi connectivity index (χ1v) is 10.7. The predicted octanol–water partition coefficient (Wildman–Crippen LogP) is 0.820. The maximum atomic E-state index is 11.9. The zero-order valence-electron chi connectivity index (χ0n) is 13.0. The molecular formula is C14H24N2O4S2. The van der Waals surface area contributed by atoms with Gasteiger partial charge in [-0.15, -0.1) is 0 Å². The Morgan fingerprint density at radius 3 is 2.23 bits per heavy atom. The summed E-state index contributed by atoms with van der Waals surface area (Å²) in [6.45, 7) is 2.51. The second-order valence-corrected chi connectivity index (χ2v) is 9.02. The van der Waals surface area contributed by atoms with Crippen molar-refractivity contribution in [2.24, 2.45) is 0 Å². The molecule has 1 rings (SSSR count). The first-order chi connectivity index (χ1) is 10.2. The molecule has 0 radical (unpaired) electrons. The Morgan fingerprint density at radius 1 is 1.05 bits per heavy atom. The van der Waals surface area contributed by atoms with Crippen LogP contribution in [0.2, 0.25) is 0 Å². The van der Waals surface area contributed by atoms with E-state index in [4.69, 9.17) is 0 Å². The summed E-state index contributed by atoms with van der Waals surface area (Å²) in [5, 5.41) is 0. The van der Waals surface area contributed by atoms with Crippen LogP contribution in [0.1, 0.15) is 18.9 Å². The molecule has 1 N–H and O–H groups in total. The molecule has 0 saturated carbocycles. The lowest BCUT2D eigenvalue weighted by Crippen LogP contribution is -2.39. The van der Waals surface area contributed by atoms with Gasteiger partial charge in [0.15, 0.2) is 0 Å². The summed E-state index contributed by atoms with van der Waals surface area (Å²) in [7, 11) is -6.71. The highest BCUT2D eigenvalue weighted by Crippen LogP contribution is 2.02. The van der Waals surface area contributed by atoms with Crippen LogP contribution in [0.25, 0.3) is 0 Å². The Morgan fingerprint density at radius 2 is 1.68 bits per heavy atom. The molecule has 0 aliphatic carbocycles. The molecule has 0 atom stereocenters. The third-order valence-electron chi connectivity index (χ3n) is 3.13. The van der Waals surface area contributed by atoms with Crippen molar-refractivity contribution in [3.05, 3.63) is 35.9 Å². The van der Waals surface area contributed by atoms with E-state index in [0.717, 1.165) is 11.8 Å². The van der Waals surface area contributed by atoms with E-state index < -0.39 is 20.0 Å². The van der Waals surface area contributed by atoms with Crippen LogP contribution in [0, 0.1) is 0 Å². The van der Waals surface area contributed by atoms with Gasteiger partial charge in [-0.1, -0.05) is 37.3 Å². The number of nitrogens with one attached hydrogen (secondary N) is 1. The second kappa shape index (κ2) is 8.61. The summed E-state index contributed by atoms with van der Waals surface area (Å²) in [5.74, 6) is -0.0103. The Labute approximate surface area is 133 Å². The summed E-state index contributed by atoms with van der Waals surface area (Å²) < 4.78 is 50.6. The van der Waals surface area contributed by atoms with Crippen molar-refractivity contribution in [3.63, 3.8) is 0 Å². The van der Waals surface area contributed by atoms with Crippen LogP contribution in [0.4, 0.5) is 0 Å². The molecule has 0 fully saturated rings. The molecule has 1 aromatic carbocycles. The third kappa shape index (κ3) is 7.35. The average molecular weight is 348 g/mol. The van der Waals surface area contributed by atoms with Gasteiger partial charge in [0, 0.05) is 19.6 Å². The lowest BCUT2D eigenvalue weighted by Gasteiger charge is -2.19. The standard InChI is InChI=1S/C14H24N2O4S2/c1-3-11-16(21(2,17)18)12-10-15-22(19,20)13-9-14-7-5-4-6-8-14/h4-8,15H,3,9-13H2,1-2H3. The summed E-state index contributed by atoms with van der Waals surface area (Å²) in [4.78, 5) is 0. The molecular weight excluding hydrogens is 324 g/mol. The number of hydrogen-bond donors (Lipinski definition) is 1. The van der Waals surface area contributed by atoms with Crippen LogP contribution < -0.4 is 4.72 Å². The number of aryl methyl sites for hydroxylation is 1. The number of rotatable bonds is 10. The van der Waals surface area contributed by atoms with Crippen molar-refractivity contribution >= 4 is 20.0 Å². The van der Waals surface area contributed by atoms with E-state index in [1.165, 1.54) is 4.31 Å². The van der Waals surface area contributed by atoms with Gasteiger partial charge in [0.05, 0.1) is 12.0 Å². The fourth-order valence-corrected chi connectivity index (χ4v) is 3.98. The van der Waals surface area contributed by atoms with Gasteiger partial charge in [0.25, 0.3) is 0 Å². The summed E-state index contributed by atoms with van der Waals surface area (Å²) in [6, 6.07) is 9.36. The summed E-state index contributed by atoms with van der Waals surface area (Å²) in [6.07, 6.45) is 2.25. The Kier molecular flexibility index (Phi) is 7.47. The molecule has 0 unspecified atom stereocenters. The molecule has 0 spiro atoms. The van der Waals surface area contributed by atoms with Gasteiger partial charge < -0.3 is 0 Å². The monoisotopic (exact) mass is 348 g/mol. The highest BCUT2D eigenvalue weighted by Gasteiger charge is 2.16. The van der Waals surface area contributed by atoms with E-state index in [-0.39, 0.29) is 18.8 Å². The van der Waals surface area contributed by atoms with Crippen molar-refractivity contribution < 1.29 is 16.8 Å². The van der Waals surface area contributed by atoms with E-state index in [0.29, 0.717) is 19.4 Å². The van der Waals surface area contributed by atoms with Crippen LogP contribution in [0.3, 0.4) is 0 Å². The van der Waals surface area contributed by atoms with Gasteiger partial charge in [0.2, 0.25) is 20.0 Å². The molecule has 0 saturated heterocycles. The predicted molar refractivity (Wildman–Crippen MR) is 88.6 cm³/mol. The van der Waals surface area contributed by atoms with Crippen molar-refractivity contribution in [2.45, 2.75) is 19.8 Å². The van der Waals surface area contributed by atoms with Crippen LogP contribution in [-0.4, -0.2) is 52.8 Å². The smallest absolute Gasteiger partial charge is 0.211 e. The number of hydrogen-bond acceptors (Lipinski definition) is 4. The van der Waals surface area contributed by atoms with Crippen molar-refractivity contribution in [3.8, 4) is 0 Å². The number of benzene rings is 1. The van der Waals surface area contributed by atoms with E-state index in [1.807, 2.05) is 37.3 Å². The molecule has 0 aliphatic rings. The zero-order valence-corrected chi connectivity index (χ0v) is 14.7. The lowest BCUT2D eigenvalue weighted by atomic mass is 10.2. The van der Waals surface area contributed by atoms with E-state index >= 15 is 0 Å². The van der Waals surface area contributed by atoms with E-state index in [9.17, 15) is 16.8 Å². The molecule has 6 nitrogen and oxygen atoms in total. The van der Waals surface area contributed by atoms with Crippen molar-refractivity contribution in [2.75, 3.05) is 31.6 Å². The highest BCUT2D eigenvalue weighted by molar-refractivity contribution is 7.89. The lowest BCUT2D eigenvalue weighted by molar-refractivity contribution is 0.416. The second-order valence-electron chi connectivity index (χ2n) is 5.11. The van der Waals surface area contributed by atoms with Gasteiger partial charge in [-0.25, -0.2) is 25.9 Å². The SMILES string of the molecule is CCCN(CCNS(=O)(=O)CCc1ccccc1)S(C)(=O)=O. The normalized spacial score (nSPS) is 12.7. The van der Waals surface area contributed by atoms with E-state index in [2.05, 4.69) is 4.72 Å². The van der Waals surface area contributed by atoms with Gasteiger partial charge in [-0.05, 0) is 18.4 Å². The van der Waals surface area contributed by atoms with Gasteiger partial charge in [-0.2, -0.15) is 0 Å². The van der Waals surface area contributed by atoms with Crippen LogP contribution in [-0.2, 0) is 26.5 Å². The largest absolute Gasteiger partial charge is 0.214 e. The summed E-state index contributed by atoms with van der Waals surface area (Å²) in [5.41, 5.74) is 0.955. The van der Waals surface area contributed by atoms with Crippen molar-refractivity contribution in [1.29, 1.82) is 0 Å². The fourth-order valence-electron chi connectivity index (χ4n) is 1.99. The number of nitrogens with zero attached hydrogens (tertiary/aromatic N) is 1. The Hall–Kier alpha value is -0.960. The Bertz CT molecular complexity index is 643. The molecule has 0 amide bonds. The molecule has 0 aliphatic heterocycles. The van der Waals surface area contributed by atoms with Crippen LogP contribution in [0.15, 0.2) is 30.3 Å². The fraction of sp³-hybridized carbons (Fsp3) is 0.571. The molecule has 126 valence electrons. The Balaban J connectivity index is 2.45. The molecule has 0 bridgehead atoms. The summed E-state index contributed by atoms with van der Waals surface area (Å²) >= 11 is 0. The molecule has 1 aromatic rings. The van der Waals surface area contributed by atoms with Crippen molar-refractivity contribution in [1.82, 2.24) is 9.03 Å². The zero-order chi connectivity index (χ0) is 16.6. The highest BCUT2D eigenvalue weighted by atomic mass is 32.2. The van der Waals surface area contributed by atoms with Gasteiger partial charge >= 0.3 is 0 Å². The van der Waals surface area contributed by atoms with Crippen LogP contribution >= 0.6 is 0 Å². The average Bonchev–Trinajstić information content (AvgIpc) is 2.44. The molecule has 0 aromatic heterocycles. The molecule has 22 heavy (non-hydrogen) atoms. The molecule has 0 heterocycles. The van der Waals surface area contributed by atoms with Gasteiger partial charge in [-0.3, -0.25) is 0 Å². The molecule has 8 heteroatoms. The topological polar surface area (TPSA) is 83.6 Å². The minimum atomic E-state index is -3.41. The third-order valence-corrected chi connectivity index (χ3v) is 5.82. The van der Waals surface area contributed by atoms with Gasteiger partial charge in [0.1, 0.15) is 0 Å². The first-order valence-electron chi connectivity index (χ1n) is 7.21. The number of sulfonamides is 2. The van der Waals surface area contributed by atoms with Crippen LogP contribution in [0.5, 0.6) is 0 Å². The minimum absolute atomic E-state index is 0.0103. The van der Waals surface area contributed by atoms with E-state index in [1.54, 1.807) is 0 Å². The first kappa shape index (κ1) is 19.1. The quantitative estimate of drug-likeness (QED) is 0.678. The maximum absolute atomic E-state index is 11.9. The maximum Gasteiger partial charge on any atom is 0.211 e. The minimum Gasteiger partial charge on any atom is -0.214 e.